The number of nitriles is 1. The molecule has 3 nitrogen and oxygen atoms in total. The van der Waals surface area contributed by atoms with Gasteiger partial charge in [-0.15, -0.1) is 0 Å². The van der Waals surface area contributed by atoms with Crippen LogP contribution < -0.4 is 4.74 Å². The molecule has 23 heavy (non-hydrogen) atoms. The molecule has 116 valence electrons. The zero-order valence-electron chi connectivity index (χ0n) is 13.1. The van der Waals surface area contributed by atoms with E-state index in [1.54, 1.807) is 0 Å². The molecule has 4 heteroatoms. The zero-order valence-corrected chi connectivity index (χ0v) is 13.9. The van der Waals surface area contributed by atoms with E-state index >= 15 is 0 Å². The van der Waals surface area contributed by atoms with Crippen LogP contribution in [0.4, 0.5) is 0 Å². The van der Waals surface area contributed by atoms with Crippen molar-refractivity contribution in [2.45, 2.75) is 20.4 Å². The number of ether oxygens (including phenoxy) is 1. The highest BCUT2D eigenvalue weighted by Gasteiger charge is 2.13. The van der Waals surface area contributed by atoms with E-state index in [4.69, 9.17) is 16.3 Å². The fraction of sp³-hybridized carbons (Fsp3) is 0.211. The Labute approximate surface area is 140 Å². The molecule has 0 spiro atoms. The molecule has 0 unspecified atom stereocenters. The molecule has 0 N–H and O–H groups in total. The third-order valence-electron chi connectivity index (χ3n) is 4.06. The van der Waals surface area contributed by atoms with Gasteiger partial charge in [-0.3, -0.25) is 0 Å². The minimum Gasteiger partial charge on any atom is -0.492 e. The number of benzene rings is 2. The van der Waals surface area contributed by atoms with E-state index in [9.17, 15) is 5.26 Å². The van der Waals surface area contributed by atoms with Gasteiger partial charge in [0.15, 0.2) is 0 Å². The summed E-state index contributed by atoms with van der Waals surface area (Å²) in [5.41, 5.74) is 3.78. The van der Waals surface area contributed by atoms with Crippen molar-refractivity contribution in [3.63, 3.8) is 0 Å². The van der Waals surface area contributed by atoms with Gasteiger partial charge in [0.05, 0.1) is 12.1 Å². The Balaban J connectivity index is 1.81. The normalized spacial score (nSPS) is 10.7. The van der Waals surface area contributed by atoms with Gasteiger partial charge in [-0.05, 0) is 43.7 Å². The van der Waals surface area contributed by atoms with Crippen molar-refractivity contribution in [3.05, 3.63) is 64.3 Å². The predicted molar refractivity (Wildman–Crippen MR) is 93.1 cm³/mol. The number of nitrogens with zero attached hydrogens (tertiary/aromatic N) is 2. The van der Waals surface area contributed by atoms with E-state index in [0.717, 1.165) is 38.5 Å². The number of halogens is 1. The van der Waals surface area contributed by atoms with Gasteiger partial charge >= 0.3 is 0 Å². The third kappa shape index (κ3) is 2.91. The molecule has 1 aromatic heterocycles. The van der Waals surface area contributed by atoms with Gasteiger partial charge in [-0.1, -0.05) is 29.8 Å². The maximum Gasteiger partial charge on any atom is 0.119 e. The van der Waals surface area contributed by atoms with Crippen LogP contribution >= 0.6 is 11.6 Å². The molecule has 0 fully saturated rings. The van der Waals surface area contributed by atoms with Crippen molar-refractivity contribution in [3.8, 4) is 11.8 Å². The van der Waals surface area contributed by atoms with Gasteiger partial charge in [-0.2, -0.15) is 5.26 Å². The minimum atomic E-state index is 0.533. The molecule has 3 rings (SSSR count). The Morgan fingerprint density at radius 2 is 1.96 bits per heavy atom. The number of aromatic nitrogens is 1. The molecule has 0 amide bonds. The lowest BCUT2D eigenvalue weighted by Crippen LogP contribution is -2.09. The highest BCUT2D eigenvalue weighted by Crippen LogP contribution is 2.25. The molecule has 0 aliphatic carbocycles. The van der Waals surface area contributed by atoms with Crippen LogP contribution in [0.25, 0.3) is 10.9 Å². The first-order valence-electron chi connectivity index (χ1n) is 7.48. The van der Waals surface area contributed by atoms with Crippen molar-refractivity contribution < 1.29 is 4.74 Å². The van der Waals surface area contributed by atoms with Gasteiger partial charge in [0.2, 0.25) is 0 Å². The summed E-state index contributed by atoms with van der Waals surface area (Å²) in [6, 6.07) is 15.9. The molecular formula is C19H17ClN2O. The Morgan fingerprint density at radius 3 is 2.70 bits per heavy atom. The summed E-state index contributed by atoms with van der Waals surface area (Å²) >= 11 is 6.03. The summed E-state index contributed by atoms with van der Waals surface area (Å²) in [6.07, 6.45) is 0. The quantitative estimate of drug-likeness (QED) is 0.687. The second-order valence-corrected chi connectivity index (χ2v) is 5.91. The highest BCUT2D eigenvalue weighted by molar-refractivity contribution is 6.31. The van der Waals surface area contributed by atoms with Crippen molar-refractivity contribution in [2.24, 2.45) is 0 Å². The summed E-state index contributed by atoms with van der Waals surface area (Å²) in [6.45, 7) is 5.16. The largest absolute Gasteiger partial charge is 0.492 e. The molecule has 0 aliphatic heterocycles. The maximum atomic E-state index is 9.38. The summed E-state index contributed by atoms with van der Waals surface area (Å²) < 4.78 is 7.97. The van der Waals surface area contributed by atoms with Crippen molar-refractivity contribution in [1.29, 1.82) is 5.26 Å². The molecule has 0 radical (unpaired) electrons. The monoisotopic (exact) mass is 324 g/mol. The molecule has 0 aliphatic rings. The number of hydrogen-bond acceptors (Lipinski definition) is 2. The van der Waals surface area contributed by atoms with Crippen molar-refractivity contribution in [2.75, 3.05) is 6.61 Å². The molecule has 2 aromatic carbocycles. The SMILES string of the molecule is Cc1cc(OCCn2c(C)c(C#N)c3ccccc32)ccc1Cl. The Bertz CT molecular complexity index is 906. The summed E-state index contributed by atoms with van der Waals surface area (Å²) in [7, 11) is 0. The van der Waals surface area contributed by atoms with E-state index in [2.05, 4.69) is 10.6 Å². The standard InChI is InChI=1S/C19H17ClN2O/c1-13-11-15(7-8-18(13)20)23-10-9-22-14(2)17(12-21)16-5-3-4-6-19(16)22/h3-8,11H,9-10H2,1-2H3. The smallest absolute Gasteiger partial charge is 0.119 e. The number of aryl methyl sites for hydroxylation is 1. The van der Waals surface area contributed by atoms with E-state index in [1.165, 1.54) is 0 Å². The maximum absolute atomic E-state index is 9.38. The van der Waals surface area contributed by atoms with Crippen LogP contribution in [0.5, 0.6) is 5.75 Å². The topological polar surface area (TPSA) is 38.0 Å². The molecule has 0 bridgehead atoms. The summed E-state index contributed by atoms with van der Waals surface area (Å²) in [5, 5.41) is 11.1. The van der Waals surface area contributed by atoms with E-state index in [1.807, 2.05) is 56.3 Å². The first kappa shape index (κ1) is 15.5. The predicted octanol–water partition coefficient (Wildman–Crippen LogP) is 4.86. The average molecular weight is 325 g/mol. The minimum absolute atomic E-state index is 0.533. The average Bonchev–Trinajstić information content (AvgIpc) is 2.82. The second-order valence-electron chi connectivity index (χ2n) is 5.50. The lowest BCUT2D eigenvalue weighted by atomic mass is 10.1. The Morgan fingerprint density at radius 1 is 1.17 bits per heavy atom. The van der Waals surface area contributed by atoms with E-state index in [-0.39, 0.29) is 0 Å². The number of hydrogen-bond donors (Lipinski definition) is 0. The molecule has 3 aromatic rings. The lowest BCUT2D eigenvalue weighted by molar-refractivity contribution is 0.299. The fourth-order valence-electron chi connectivity index (χ4n) is 2.82. The number of para-hydroxylation sites is 1. The van der Waals surface area contributed by atoms with Gasteiger partial charge in [0.1, 0.15) is 18.4 Å². The molecule has 1 heterocycles. The van der Waals surface area contributed by atoms with Crippen molar-refractivity contribution >= 4 is 22.5 Å². The van der Waals surface area contributed by atoms with Crippen LogP contribution in [0.3, 0.4) is 0 Å². The van der Waals surface area contributed by atoms with Crippen LogP contribution in [0.1, 0.15) is 16.8 Å². The van der Waals surface area contributed by atoms with Crippen LogP contribution in [-0.4, -0.2) is 11.2 Å². The van der Waals surface area contributed by atoms with Gasteiger partial charge in [0, 0.05) is 21.6 Å². The van der Waals surface area contributed by atoms with E-state index in [0.29, 0.717) is 13.2 Å². The van der Waals surface area contributed by atoms with Gasteiger partial charge < -0.3 is 9.30 Å². The van der Waals surface area contributed by atoms with Crippen LogP contribution in [0.15, 0.2) is 42.5 Å². The van der Waals surface area contributed by atoms with Gasteiger partial charge in [-0.25, -0.2) is 0 Å². The number of fused-ring (bicyclic) bond motifs is 1. The van der Waals surface area contributed by atoms with Crippen LogP contribution in [0.2, 0.25) is 5.02 Å². The summed E-state index contributed by atoms with van der Waals surface area (Å²) in [4.78, 5) is 0. The summed E-state index contributed by atoms with van der Waals surface area (Å²) in [5.74, 6) is 0.807. The molecular weight excluding hydrogens is 308 g/mol. The lowest BCUT2D eigenvalue weighted by Gasteiger charge is -2.11. The fourth-order valence-corrected chi connectivity index (χ4v) is 2.94. The first-order chi connectivity index (χ1) is 11.1. The third-order valence-corrected chi connectivity index (χ3v) is 4.48. The molecule has 0 atom stereocenters. The van der Waals surface area contributed by atoms with Crippen LogP contribution in [0, 0.1) is 25.2 Å². The van der Waals surface area contributed by atoms with E-state index < -0.39 is 0 Å². The molecule has 0 saturated heterocycles. The second kappa shape index (κ2) is 6.36. The number of rotatable bonds is 4. The van der Waals surface area contributed by atoms with Crippen molar-refractivity contribution in [1.82, 2.24) is 4.57 Å². The highest BCUT2D eigenvalue weighted by atomic mass is 35.5. The van der Waals surface area contributed by atoms with Crippen LogP contribution in [-0.2, 0) is 6.54 Å². The Kier molecular flexibility index (Phi) is 4.27. The zero-order chi connectivity index (χ0) is 16.4. The Hall–Kier alpha value is -2.44. The van der Waals surface area contributed by atoms with Gasteiger partial charge in [0.25, 0.3) is 0 Å². The molecule has 0 saturated carbocycles. The first-order valence-corrected chi connectivity index (χ1v) is 7.86.